The summed E-state index contributed by atoms with van der Waals surface area (Å²) in [6.07, 6.45) is -4.87. The summed E-state index contributed by atoms with van der Waals surface area (Å²) in [6.45, 7) is -0.896. The molecule has 0 radical (unpaired) electrons. The van der Waals surface area contributed by atoms with Crippen LogP contribution in [-0.2, 0) is 25.1 Å². The molecular weight excluding hydrogens is 398 g/mol. The number of carboxylic acids is 1. The van der Waals surface area contributed by atoms with Crippen molar-refractivity contribution >= 4 is 19.5 Å². The van der Waals surface area contributed by atoms with Crippen molar-refractivity contribution < 1.29 is 52.0 Å². The van der Waals surface area contributed by atoms with Crippen LogP contribution in [0.1, 0.15) is 23.4 Å². The Morgan fingerprint density at radius 2 is 1.89 bits per heavy atom. The van der Waals surface area contributed by atoms with Crippen molar-refractivity contribution in [3.8, 4) is 5.75 Å². The van der Waals surface area contributed by atoms with Gasteiger partial charge in [0.1, 0.15) is 5.75 Å². The van der Waals surface area contributed by atoms with Gasteiger partial charge in [-0.15, -0.1) is 0 Å². The highest BCUT2D eigenvalue weighted by molar-refractivity contribution is 7.58. The number of rotatable bonds is 8. The molecule has 0 saturated heterocycles. The maximum absolute atomic E-state index is 13.1. The summed E-state index contributed by atoms with van der Waals surface area (Å²) in [4.78, 5) is 36.4. The number of carboxylic acid groups (broad SMARTS) is 1. The van der Waals surface area contributed by atoms with Gasteiger partial charge in [-0.25, -0.2) is 4.79 Å². The molecule has 1 aromatic carbocycles. The number of halogens is 3. The topological polar surface area (TPSA) is 164 Å². The van der Waals surface area contributed by atoms with E-state index in [1.54, 1.807) is 0 Å². The van der Waals surface area contributed by atoms with E-state index in [0.29, 0.717) is 6.07 Å². The van der Waals surface area contributed by atoms with Gasteiger partial charge in [0.2, 0.25) is 7.37 Å². The summed E-state index contributed by atoms with van der Waals surface area (Å²) in [5.74, 6) is -4.23. The van der Waals surface area contributed by atoms with Crippen LogP contribution in [0.5, 0.6) is 5.75 Å². The summed E-state index contributed by atoms with van der Waals surface area (Å²) in [5, 5.41) is 18.4. The van der Waals surface area contributed by atoms with Crippen LogP contribution in [-0.4, -0.2) is 46.5 Å². The molecule has 27 heavy (non-hydrogen) atoms. The summed E-state index contributed by atoms with van der Waals surface area (Å²) in [5.41, 5.74) is 3.43. The number of aliphatic hydroxyl groups excluding tert-OH is 1. The summed E-state index contributed by atoms with van der Waals surface area (Å²) >= 11 is 0. The van der Waals surface area contributed by atoms with Crippen molar-refractivity contribution in [3.05, 3.63) is 29.3 Å². The third-order valence-electron chi connectivity index (χ3n) is 3.02. The summed E-state index contributed by atoms with van der Waals surface area (Å²) < 4.78 is 55.7. The Hall–Kier alpha value is -2.23. The predicted molar refractivity (Wildman–Crippen MR) is 82.9 cm³/mol. The number of nitrogens with two attached hydrogens (primary N) is 1. The zero-order chi connectivity index (χ0) is 21.3. The lowest BCUT2D eigenvalue weighted by Gasteiger charge is -2.20. The standard InChI is InChI=1S/C13H17F3NO6P.CO2/c14-13(15,16)9-6-8(2-3-10(9)23-7-11(18)19)12(20)24(21,22)5-1-4-17;2-1-3/h2-3,6,12,20H,1,4-5,7,17H2,(H,18,19)(H,21,22);. The smallest absolute Gasteiger partial charge is 0.419 e. The number of aliphatic hydroxyl groups is 1. The van der Waals surface area contributed by atoms with Crippen molar-refractivity contribution in [1.82, 2.24) is 0 Å². The molecule has 152 valence electrons. The molecule has 0 aromatic heterocycles. The van der Waals surface area contributed by atoms with Gasteiger partial charge in [0.25, 0.3) is 0 Å². The van der Waals surface area contributed by atoms with E-state index in [0.717, 1.165) is 12.1 Å². The molecule has 2 unspecified atom stereocenters. The van der Waals surface area contributed by atoms with Crippen LogP contribution in [0.4, 0.5) is 13.2 Å². The molecule has 0 bridgehead atoms. The Kier molecular flexibility index (Phi) is 9.91. The lowest BCUT2D eigenvalue weighted by atomic mass is 10.1. The lowest BCUT2D eigenvalue weighted by Crippen LogP contribution is -2.15. The van der Waals surface area contributed by atoms with E-state index >= 15 is 0 Å². The van der Waals surface area contributed by atoms with E-state index in [1.807, 2.05) is 0 Å². The largest absolute Gasteiger partial charge is 0.481 e. The molecule has 1 rings (SSSR count). The van der Waals surface area contributed by atoms with Gasteiger partial charge in [-0.1, -0.05) is 6.07 Å². The van der Waals surface area contributed by atoms with Gasteiger partial charge in [0.05, 0.1) is 5.56 Å². The molecule has 0 spiro atoms. The zero-order valence-electron chi connectivity index (χ0n) is 13.7. The first-order valence-corrected chi connectivity index (χ1v) is 9.06. The number of carbonyl (C=O) groups excluding carboxylic acids is 2. The highest BCUT2D eigenvalue weighted by atomic mass is 31.2. The van der Waals surface area contributed by atoms with Crippen molar-refractivity contribution in [2.75, 3.05) is 19.3 Å². The van der Waals surface area contributed by atoms with Crippen molar-refractivity contribution in [2.24, 2.45) is 5.73 Å². The van der Waals surface area contributed by atoms with Gasteiger partial charge < -0.3 is 25.6 Å². The number of hydrogen-bond acceptors (Lipinski definition) is 7. The van der Waals surface area contributed by atoms with Crippen LogP contribution < -0.4 is 10.5 Å². The number of carbonyl (C=O) groups is 1. The number of alkyl halides is 3. The minimum atomic E-state index is -4.90. The van der Waals surface area contributed by atoms with E-state index in [4.69, 9.17) is 20.4 Å². The van der Waals surface area contributed by atoms with Crippen molar-refractivity contribution in [1.29, 1.82) is 0 Å². The van der Waals surface area contributed by atoms with E-state index in [9.17, 15) is 32.5 Å². The van der Waals surface area contributed by atoms with E-state index in [1.165, 1.54) is 0 Å². The number of benzene rings is 1. The molecule has 0 heterocycles. The van der Waals surface area contributed by atoms with Gasteiger partial charge >= 0.3 is 18.3 Å². The van der Waals surface area contributed by atoms with Crippen molar-refractivity contribution in [2.45, 2.75) is 18.4 Å². The Morgan fingerprint density at radius 3 is 2.33 bits per heavy atom. The van der Waals surface area contributed by atoms with Gasteiger partial charge in [-0.3, -0.25) is 4.57 Å². The average Bonchev–Trinajstić information content (AvgIpc) is 2.57. The number of aliphatic carboxylic acids is 1. The monoisotopic (exact) mass is 415 g/mol. The molecule has 0 aliphatic carbocycles. The first kappa shape index (κ1) is 24.8. The predicted octanol–water partition coefficient (Wildman–Crippen LogP) is 1.20. The third-order valence-corrected chi connectivity index (χ3v) is 5.04. The summed E-state index contributed by atoms with van der Waals surface area (Å²) in [7, 11) is -4.17. The molecular formula is C14H17F3NO8P. The van der Waals surface area contributed by atoms with Crippen LogP contribution in [0, 0.1) is 0 Å². The first-order valence-electron chi connectivity index (χ1n) is 7.15. The normalized spacial score (nSPS) is 14.1. The molecule has 13 heteroatoms. The average molecular weight is 415 g/mol. The van der Waals surface area contributed by atoms with E-state index in [-0.39, 0.29) is 25.3 Å². The first-order chi connectivity index (χ1) is 12.4. The minimum Gasteiger partial charge on any atom is -0.481 e. The lowest BCUT2D eigenvalue weighted by molar-refractivity contribution is -0.191. The Balaban J connectivity index is 0.00000210. The van der Waals surface area contributed by atoms with E-state index in [2.05, 4.69) is 4.74 Å². The second-order valence-corrected chi connectivity index (χ2v) is 7.46. The molecule has 0 fully saturated rings. The van der Waals surface area contributed by atoms with Gasteiger partial charge in [0, 0.05) is 6.16 Å². The molecule has 5 N–H and O–H groups in total. The van der Waals surface area contributed by atoms with Crippen LogP contribution >= 0.6 is 7.37 Å². The fraction of sp³-hybridized carbons (Fsp3) is 0.429. The Labute approximate surface area is 151 Å². The molecule has 0 amide bonds. The van der Waals surface area contributed by atoms with Crippen LogP contribution in [0.25, 0.3) is 0 Å². The fourth-order valence-corrected chi connectivity index (χ4v) is 3.37. The Bertz CT molecular complexity index is 719. The highest BCUT2D eigenvalue weighted by Crippen LogP contribution is 2.55. The number of ether oxygens (including phenoxy) is 1. The Morgan fingerprint density at radius 1 is 1.33 bits per heavy atom. The fourth-order valence-electron chi connectivity index (χ4n) is 1.87. The SMILES string of the molecule is NCCCP(=O)(O)C(O)c1ccc(OCC(=O)O)c(C(F)(F)F)c1.O=C=O. The highest BCUT2D eigenvalue weighted by Gasteiger charge is 2.37. The van der Waals surface area contributed by atoms with Crippen LogP contribution in [0.15, 0.2) is 18.2 Å². The van der Waals surface area contributed by atoms with Gasteiger partial charge in [0.15, 0.2) is 12.5 Å². The van der Waals surface area contributed by atoms with E-state index < -0.39 is 48.8 Å². The molecule has 0 aliphatic heterocycles. The third kappa shape index (κ3) is 8.33. The van der Waals surface area contributed by atoms with Crippen molar-refractivity contribution in [3.63, 3.8) is 0 Å². The number of hydrogen-bond donors (Lipinski definition) is 4. The van der Waals surface area contributed by atoms with Gasteiger partial charge in [-0.05, 0) is 30.7 Å². The quantitative estimate of drug-likeness (QED) is 0.457. The maximum Gasteiger partial charge on any atom is 0.419 e. The molecule has 0 saturated carbocycles. The summed E-state index contributed by atoms with van der Waals surface area (Å²) in [6, 6.07) is 2.24. The second-order valence-electron chi connectivity index (χ2n) is 5.01. The second kappa shape index (κ2) is 10.8. The zero-order valence-corrected chi connectivity index (χ0v) is 14.6. The molecule has 9 nitrogen and oxygen atoms in total. The molecule has 1 aromatic rings. The van der Waals surface area contributed by atoms with Gasteiger partial charge in [-0.2, -0.15) is 22.8 Å². The van der Waals surface area contributed by atoms with Crippen LogP contribution in [0.2, 0.25) is 0 Å². The maximum atomic E-state index is 13.1. The minimum absolute atomic E-state index is 0.0903. The molecule has 0 aliphatic rings. The molecule has 2 atom stereocenters. The van der Waals surface area contributed by atoms with Crippen LogP contribution in [0.3, 0.4) is 0 Å².